The van der Waals surface area contributed by atoms with Crippen LogP contribution < -0.4 is 0 Å². The summed E-state index contributed by atoms with van der Waals surface area (Å²) >= 11 is 0. The summed E-state index contributed by atoms with van der Waals surface area (Å²) in [6.07, 6.45) is 8.74. The summed E-state index contributed by atoms with van der Waals surface area (Å²) < 4.78 is 0. The molecule has 0 bridgehead atoms. The number of hydrogen-bond acceptors (Lipinski definition) is 3. The van der Waals surface area contributed by atoms with Crippen molar-refractivity contribution in [1.82, 2.24) is 14.9 Å². The summed E-state index contributed by atoms with van der Waals surface area (Å²) in [4.78, 5) is 22.5. The molecule has 4 heteroatoms. The van der Waals surface area contributed by atoms with Crippen molar-refractivity contribution in [2.75, 3.05) is 6.54 Å². The SMILES string of the molecule is O=C(/C=C/c1ccccc1)N1CCC[C@H]1c1ccncn1. The lowest BCUT2D eigenvalue weighted by Gasteiger charge is -2.22. The highest BCUT2D eigenvalue weighted by molar-refractivity contribution is 5.92. The first-order valence-electron chi connectivity index (χ1n) is 7.14. The van der Waals surface area contributed by atoms with Gasteiger partial charge in [0.2, 0.25) is 5.91 Å². The van der Waals surface area contributed by atoms with E-state index in [0.717, 1.165) is 30.6 Å². The maximum atomic E-state index is 12.4. The van der Waals surface area contributed by atoms with Gasteiger partial charge in [-0.2, -0.15) is 0 Å². The topological polar surface area (TPSA) is 46.1 Å². The quantitative estimate of drug-likeness (QED) is 0.812. The summed E-state index contributed by atoms with van der Waals surface area (Å²) in [5, 5.41) is 0. The van der Waals surface area contributed by atoms with Gasteiger partial charge in [0.05, 0.1) is 11.7 Å². The fraction of sp³-hybridized carbons (Fsp3) is 0.235. The number of carbonyl (C=O) groups is 1. The second kappa shape index (κ2) is 6.31. The second-order valence-corrected chi connectivity index (χ2v) is 5.07. The molecule has 1 fully saturated rings. The minimum atomic E-state index is 0.0416. The minimum Gasteiger partial charge on any atom is -0.331 e. The van der Waals surface area contributed by atoms with Crippen molar-refractivity contribution in [2.45, 2.75) is 18.9 Å². The van der Waals surface area contributed by atoms with Crippen LogP contribution in [0, 0.1) is 0 Å². The predicted molar refractivity (Wildman–Crippen MR) is 81.2 cm³/mol. The highest BCUT2D eigenvalue weighted by atomic mass is 16.2. The molecule has 1 atom stereocenters. The fourth-order valence-corrected chi connectivity index (χ4v) is 2.66. The first-order chi connectivity index (χ1) is 10.3. The van der Waals surface area contributed by atoms with Gasteiger partial charge in [-0.1, -0.05) is 30.3 Å². The highest BCUT2D eigenvalue weighted by Gasteiger charge is 2.29. The van der Waals surface area contributed by atoms with Crippen LogP contribution >= 0.6 is 0 Å². The molecule has 2 aromatic rings. The lowest BCUT2D eigenvalue weighted by Crippen LogP contribution is -2.29. The van der Waals surface area contributed by atoms with Gasteiger partial charge in [-0.25, -0.2) is 9.97 Å². The van der Waals surface area contributed by atoms with E-state index in [4.69, 9.17) is 0 Å². The molecule has 0 unspecified atom stereocenters. The van der Waals surface area contributed by atoms with E-state index in [1.54, 1.807) is 12.3 Å². The first kappa shape index (κ1) is 13.5. The molecule has 1 amide bonds. The zero-order valence-electron chi connectivity index (χ0n) is 11.7. The van der Waals surface area contributed by atoms with Crippen LogP contribution in [0.5, 0.6) is 0 Å². The van der Waals surface area contributed by atoms with Crippen LogP contribution in [0.1, 0.15) is 30.1 Å². The van der Waals surface area contributed by atoms with Crippen LogP contribution in [-0.4, -0.2) is 27.3 Å². The molecule has 1 aromatic heterocycles. The number of nitrogens with zero attached hydrogens (tertiary/aromatic N) is 3. The normalized spacial score (nSPS) is 18.3. The Hall–Kier alpha value is -2.49. The zero-order valence-corrected chi connectivity index (χ0v) is 11.7. The molecular formula is C17H17N3O. The Morgan fingerprint density at radius 3 is 2.86 bits per heavy atom. The molecule has 0 aliphatic carbocycles. The van der Waals surface area contributed by atoms with E-state index in [-0.39, 0.29) is 11.9 Å². The minimum absolute atomic E-state index is 0.0416. The Kier molecular flexibility index (Phi) is 4.05. The third-order valence-electron chi connectivity index (χ3n) is 3.70. The average Bonchev–Trinajstić information content (AvgIpc) is 3.04. The summed E-state index contributed by atoms with van der Waals surface area (Å²) in [5.41, 5.74) is 1.95. The van der Waals surface area contributed by atoms with Gasteiger partial charge in [-0.05, 0) is 30.5 Å². The Labute approximate surface area is 124 Å². The van der Waals surface area contributed by atoms with E-state index < -0.39 is 0 Å². The lowest BCUT2D eigenvalue weighted by molar-refractivity contribution is -0.126. The summed E-state index contributed by atoms with van der Waals surface area (Å²) in [5.74, 6) is 0.0416. The van der Waals surface area contributed by atoms with Gasteiger partial charge in [0, 0.05) is 18.8 Å². The lowest BCUT2D eigenvalue weighted by atomic mass is 10.1. The molecule has 4 nitrogen and oxygen atoms in total. The standard InChI is InChI=1S/C17H17N3O/c21-17(9-8-14-5-2-1-3-6-14)20-12-4-7-16(20)15-10-11-18-13-19-15/h1-3,5-6,8-11,13,16H,4,7,12H2/b9-8+/t16-/m0/s1. The number of aromatic nitrogens is 2. The molecule has 1 aromatic carbocycles. The maximum absolute atomic E-state index is 12.4. The molecule has 0 saturated carbocycles. The third-order valence-corrected chi connectivity index (χ3v) is 3.70. The molecule has 0 radical (unpaired) electrons. The highest BCUT2D eigenvalue weighted by Crippen LogP contribution is 2.30. The molecule has 0 spiro atoms. The van der Waals surface area contributed by atoms with Gasteiger partial charge in [-0.3, -0.25) is 4.79 Å². The predicted octanol–water partition coefficient (Wildman–Crippen LogP) is 2.85. The van der Waals surface area contributed by atoms with Crippen LogP contribution in [0.15, 0.2) is 55.0 Å². The maximum Gasteiger partial charge on any atom is 0.247 e. The van der Waals surface area contributed by atoms with E-state index in [1.807, 2.05) is 47.4 Å². The molecule has 1 aliphatic rings. The van der Waals surface area contributed by atoms with Gasteiger partial charge in [0.25, 0.3) is 0 Å². The molecule has 1 aliphatic heterocycles. The van der Waals surface area contributed by atoms with Gasteiger partial charge in [-0.15, -0.1) is 0 Å². The van der Waals surface area contributed by atoms with E-state index in [9.17, 15) is 4.79 Å². The largest absolute Gasteiger partial charge is 0.331 e. The van der Waals surface area contributed by atoms with Crippen molar-refractivity contribution in [1.29, 1.82) is 0 Å². The molecule has 1 saturated heterocycles. The van der Waals surface area contributed by atoms with E-state index in [2.05, 4.69) is 9.97 Å². The van der Waals surface area contributed by atoms with E-state index in [0.29, 0.717) is 0 Å². The van der Waals surface area contributed by atoms with Crippen LogP contribution in [-0.2, 0) is 4.79 Å². The number of likely N-dealkylation sites (tertiary alicyclic amines) is 1. The Morgan fingerprint density at radius 2 is 2.10 bits per heavy atom. The van der Waals surface area contributed by atoms with Gasteiger partial charge >= 0.3 is 0 Å². The number of amides is 1. The molecular weight excluding hydrogens is 262 g/mol. The van der Waals surface area contributed by atoms with Gasteiger partial charge < -0.3 is 4.90 Å². The van der Waals surface area contributed by atoms with Crippen molar-refractivity contribution in [2.24, 2.45) is 0 Å². The summed E-state index contributed by atoms with van der Waals surface area (Å²) in [6, 6.07) is 11.8. The fourth-order valence-electron chi connectivity index (χ4n) is 2.66. The van der Waals surface area contributed by atoms with Crippen LogP contribution in [0.3, 0.4) is 0 Å². The Morgan fingerprint density at radius 1 is 1.24 bits per heavy atom. The average molecular weight is 279 g/mol. The molecule has 21 heavy (non-hydrogen) atoms. The molecule has 3 rings (SSSR count). The van der Waals surface area contributed by atoms with Crippen molar-refractivity contribution >= 4 is 12.0 Å². The van der Waals surface area contributed by atoms with Crippen molar-refractivity contribution in [3.63, 3.8) is 0 Å². The van der Waals surface area contributed by atoms with Crippen molar-refractivity contribution < 1.29 is 4.79 Å². The van der Waals surface area contributed by atoms with Crippen LogP contribution in [0.25, 0.3) is 6.08 Å². The zero-order chi connectivity index (χ0) is 14.5. The van der Waals surface area contributed by atoms with Crippen molar-refractivity contribution in [3.8, 4) is 0 Å². The first-order valence-corrected chi connectivity index (χ1v) is 7.14. The van der Waals surface area contributed by atoms with Crippen LogP contribution in [0.4, 0.5) is 0 Å². The molecule has 106 valence electrons. The van der Waals surface area contributed by atoms with Gasteiger partial charge in [0.15, 0.2) is 0 Å². The Balaban J connectivity index is 1.73. The summed E-state index contributed by atoms with van der Waals surface area (Å²) in [6.45, 7) is 0.784. The molecule has 2 heterocycles. The number of carbonyl (C=O) groups excluding carboxylic acids is 1. The third kappa shape index (κ3) is 3.16. The van der Waals surface area contributed by atoms with Crippen molar-refractivity contribution in [3.05, 3.63) is 66.3 Å². The molecule has 0 N–H and O–H groups in total. The number of hydrogen-bond donors (Lipinski definition) is 0. The smallest absolute Gasteiger partial charge is 0.247 e. The second-order valence-electron chi connectivity index (χ2n) is 5.07. The summed E-state index contributed by atoms with van der Waals surface area (Å²) in [7, 11) is 0. The van der Waals surface area contributed by atoms with E-state index >= 15 is 0 Å². The van der Waals surface area contributed by atoms with Crippen LogP contribution in [0.2, 0.25) is 0 Å². The number of benzene rings is 1. The van der Waals surface area contributed by atoms with Gasteiger partial charge in [0.1, 0.15) is 6.33 Å². The number of rotatable bonds is 3. The Bertz CT molecular complexity index is 625. The van der Waals surface area contributed by atoms with E-state index in [1.165, 1.54) is 6.33 Å². The monoisotopic (exact) mass is 279 g/mol.